The molecule has 0 bridgehead atoms. The Bertz CT molecular complexity index is 1600. The van der Waals surface area contributed by atoms with E-state index in [0.29, 0.717) is 38.0 Å². The van der Waals surface area contributed by atoms with Crippen LogP contribution in [0.2, 0.25) is 0 Å². The third kappa shape index (κ3) is 3.90. The molecule has 4 unspecified atom stereocenters. The van der Waals surface area contributed by atoms with Crippen LogP contribution in [0.3, 0.4) is 0 Å². The number of fused-ring (bicyclic) bond motifs is 3. The van der Waals surface area contributed by atoms with E-state index in [-0.39, 0.29) is 41.3 Å². The van der Waals surface area contributed by atoms with Crippen molar-refractivity contribution < 1.29 is 29.0 Å². The third-order valence-electron chi connectivity index (χ3n) is 8.77. The van der Waals surface area contributed by atoms with Gasteiger partial charge in [0, 0.05) is 22.6 Å². The highest BCUT2D eigenvalue weighted by Gasteiger charge is 2.56. The van der Waals surface area contributed by atoms with E-state index in [1.165, 1.54) is 18.1 Å². The van der Waals surface area contributed by atoms with Gasteiger partial charge in [-0.2, -0.15) is 0 Å². The number of anilines is 1. The average molecular weight is 649 g/mol. The molecule has 3 aliphatic carbocycles. The van der Waals surface area contributed by atoms with Crippen LogP contribution in [0, 0.1) is 21.3 Å². The van der Waals surface area contributed by atoms with Gasteiger partial charge in [0.1, 0.15) is 0 Å². The molecule has 204 valence electrons. The maximum atomic E-state index is 14.0. The molecule has 1 saturated heterocycles. The van der Waals surface area contributed by atoms with Gasteiger partial charge in [-0.15, -0.1) is 0 Å². The van der Waals surface area contributed by atoms with Crippen molar-refractivity contribution in [2.75, 3.05) is 12.0 Å². The number of phenolic OH excluding ortho intramolecular Hbond substituents is 1. The number of carbonyl (C=O) groups excluding carboxylic acids is 4. The number of benzene rings is 2. The van der Waals surface area contributed by atoms with Crippen molar-refractivity contribution in [2.24, 2.45) is 17.8 Å². The van der Waals surface area contributed by atoms with Crippen LogP contribution in [0.1, 0.15) is 43.7 Å². The van der Waals surface area contributed by atoms with Gasteiger partial charge in [-0.3, -0.25) is 24.1 Å². The minimum absolute atomic E-state index is 0.00538. The molecule has 1 heterocycles. The molecule has 0 radical (unpaired) electrons. The summed E-state index contributed by atoms with van der Waals surface area (Å²) in [4.78, 5) is 55.9. The quantitative estimate of drug-likeness (QED) is 0.212. The summed E-state index contributed by atoms with van der Waals surface area (Å²) in [7, 11) is 1.46. The molecule has 0 aromatic heterocycles. The molecule has 40 heavy (non-hydrogen) atoms. The molecule has 4 aliphatic rings. The molecule has 1 aliphatic heterocycles. The number of Topliss-reactive ketones (excluding diaryl/α,β-unsaturated/α-hetero) is 1. The average Bonchev–Trinajstić information content (AvgIpc) is 3.21. The number of imide groups is 1. The number of nitrogens with zero attached hydrogens (tertiary/aromatic N) is 1. The first-order valence-electron chi connectivity index (χ1n) is 13.4. The number of amides is 2. The smallest absolute Gasteiger partial charge is 0.238 e. The largest absolute Gasteiger partial charge is 0.504 e. The van der Waals surface area contributed by atoms with E-state index in [1.807, 2.05) is 59.9 Å². The van der Waals surface area contributed by atoms with E-state index >= 15 is 0 Å². The zero-order chi connectivity index (χ0) is 28.5. The van der Waals surface area contributed by atoms with E-state index in [4.69, 9.17) is 4.74 Å². The van der Waals surface area contributed by atoms with Gasteiger partial charge in [-0.05, 0) is 96.2 Å². The molecule has 0 spiro atoms. The predicted octanol–water partition coefficient (Wildman–Crippen LogP) is 5.20. The minimum atomic E-state index is -0.637. The second kappa shape index (κ2) is 9.83. The first-order valence-corrected chi connectivity index (χ1v) is 14.5. The Morgan fingerprint density at radius 3 is 2.45 bits per heavy atom. The van der Waals surface area contributed by atoms with Crippen LogP contribution in [0.25, 0.3) is 0 Å². The Kier molecular flexibility index (Phi) is 6.56. The summed E-state index contributed by atoms with van der Waals surface area (Å²) in [6.45, 7) is 3.68. The molecule has 2 aromatic rings. The number of aromatic hydroxyl groups is 1. The van der Waals surface area contributed by atoms with Crippen LogP contribution >= 0.6 is 22.6 Å². The summed E-state index contributed by atoms with van der Waals surface area (Å²) in [5.74, 6) is -2.86. The lowest BCUT2D eigenvalue weighted by Gasteiger charge is -2.42. The van der Waals surface area contributed by atoms with Crippen LogP contribution in [-0.2, 0) is 25.6 Å². The maximum absolute atomic E-state index is 14.0. The fraction of sp³-hybridized carbons (Fsp3) is 0.312. The normalized spacial score (nSPS) is 25.9. The monoisotopic (exact) mass is 649 g/mol. The number of rotatable bonds is 4. The zero-order valence-corrected chi connectivity index (χ0v) is 24.5. The molecule has 1 fully saturated rings. The fourth-order valence-electron chi connectivity index (χ4n) is 6.81. The molecular weight excluding hydrogens is 621 g/mol. The topological polar surface area (TPSA) is 101 Å². The van der Waals surface area contributed by atoms with Crippen molar-refractivity contribution in [1.82, 2.24) is 0 Å². The van der Waals surface area contributed by atoms with Gasteiger partial charge in [0.05, 0.1) is 28.2 Å². The van der Waals surface area contributed by atoms with Crippen LogP contribution in [0.4, 0.5) is 5.69 Å². The lowest BCUT2D eigenvalue weighted by atomic mass is 9.59. The van der Waals surface area contributed by atoms with Gasteiger partial charge >= 0.3 is 0 Å². The van der Waals surface area contributed by atoms with Gasteiger partial charge in [0.25, 0.3) is 0 Å². The molecule has 2 aromatic carbocycles. The van der Waals surface area contributed by atoms with Crippen molar-refractivity contribution in [1.29, 1.82) is 0 Å². The number of ether oxygens (including phenoxy) is 1. The summed E-state index contributed by atoms with van der Waals surface area (Å²) in [5, 5.41) is 10.5. The van der Waals surface area contributed by atoms with E-state index in [1.54, 1.807) is 19.1 Å². The van der Waals surface area contributed by atoms with Gasteiger partial charge in [0.2, 0.25) is 11.8 Å². The Labute approximate surface area is 245 Å². The number of allylic oxidation sites excluding steroid dienone is 6. The maximum Gasteiger partial charge on any atom is 0.238 e. The SMILES string of the molecule is CCc1ccc(N2C(=O)C3CC=C4C(c5cc(I)c(O)c(OC)c5)C5=C(CC4C3C2=O)C(=O)C(C)=CC5=O)cc1. The number of ketones is 2. The number of methoxy groups -OCH3 is 1. The molecular formula is C32H28INO6. The predicted molar refractivity (Wildman–Crippen MR) is 157 cm³/mol. The number of hydrogen-bond donors (Lipinski definition) is 1. The van der Waals surface area contributed by atoms with Gasteiger partial charge in [-0.1, -0.05) is 30.7 Å². The Morgan fingerprint density at radius 1 is 1.05 bits per heavy atom. The van der Waals surface area contributed by atoms with Crippen LogP contribution in [-0.4, -0.2) is 35.6 Å². The molecule has 4 atom stereocenters. The Hall–Kier alpha value is -3.53. The molecule has 7 nitrogen and oxygen atoms in total. The second-order valence-corrected chi connectivity index (χ2v) is 12.0. The summed E-state index contributed by atoms with van der Waals surface area (Å²) in [6, 6.07) is 11.0. The standard InChI is InChI=1S/C32H28INO6/c1-4-16-5-7-18(8-6-16)34-31(38)20-10-9-19-21(27(20)32(34)39)14-22-28(24(35)11-15(2)29(22)36)26(19)17-12-23(33)30(37)25(13-17)40-3/h5-9,11-13,20-21,26-27,37H,4,10,14H2,1-3H3. The van der Waals surface area contributed by atoms with Gasteiger partial charge in [0.15, 0.2) is 23.1 Å². The first kappa shape index (κ1) is 26.7. The van der Waals surface area contributed by atoms with E-state index in [9.17, 15) is 24.3 Å². The van der Waals surface area contributed by atoms with Crippen LogP contribution in [0.15, 0.2) is 70.8 Å². The van der Waals surface area contributed by atoms with Crippen molar-refractivity contribution >= 4 is 51.7 Å². The lowest BCUT2D eigenvalue weighted by Crippen LogP contribution is -2.39. The van der Waals surface area contributed by atoms with E-state index in [2.05, 4.69) is 0 Å². The van der Waals surface area contributed by atoms with Crippen LogP contribution in [0.5, 0.6) is 11.5 Å². The highest BCUT2D eigenvalue weighted by Crippen LogP contribution is 2.56. The lowest BCUT2D eigenvalue weighted by molar-refractivity contribution is -0.123. The summed E-state index contributed by atoms with van der Waals surface area (Å²) < 4.78 is 5.96. The molecule has 2 amide bonds. The first-order chi connectivity index (χ1) is 19.2. The van der Waals surface area contributed by atoms with Gasteiger partial charge in [-0.25, -0.2) is 0 Å². The van der Waals surface area contributed by atoms with E-state index < -0.39 is 23.7 Å². The molecule has 0 saturated carbocycles. The molecule has 1 N–H and O–H groups in total. The number of hydrogen-bond acceptors (Lipinski definition) is 6. The van der Waals surface area contributed by atoms with Crippen molar-refractivity contribution in [3.63, 3.8) is 0 Å². The van der Waals surface area contributed by atoms with Gasteiger partial charge < -0.3 is 9.84 Å². The number of carbonyl (C=O) groups is 4. The highest BCUT2D eigenvalue weighted by atomic mass is 127. The fourth-order valence-corrected chi connectivity index (χ4v) is 7.44. The number of aryl methyl sites for hydroxylation is 1. The second-order valence-electron chi connectivity index (χ2n) is 10.8. The summed E-state index contributed by atoms with van der Waals surface area (Å²) in [5.41, 5.74) is 4.40. The minimum Gasteiger partial charge on any atom is -0.504 e. The van der Waals surface area contributed by atoms with Crippen molar-refractivity contribution in [3.05, 3.63) is 85.5 Å². The zero-order valence-electron chi connectivity index (χ0n) is 22.4. The summed E-state index contributed by atoms with van der Waals surface area (Å²) >= 11 is 2.01. The van der Waals surface area contributed by atoms with Crippen molar-refractivity contribution in [2.45, 2.75) is 39.0 Å². The molecule has 8 heteroatoms. The van der Waals surface area contributed by atoms with E-state index in [0.717, 1.165) is 17.6 Å². The Balaban J connectivity index is 1.49. The highest BCUT2D eigenvalue weighted by molar-refractivity contribution is 14.1. The number of halogens is 1. The summed E-state index contributed by atoms with van der Waals surface area (Å²) in [6.07, 6.45) is 4.82. The molecule has 6 rings (SSSR count). The Morgan fingerprint density at radius 2 is 1.77 bits per heavy atom. The van der Waals surface area contributed by atoms with Crippen LogP contribution < -0.4 is 9.64 Å². The van der Waals surface area contributed by atoms with Crippen molar-refractivity contribution in [3.8, 4) is 11.5 Å². The number of phenols is 1. The third-order valence-corrected chi connectivity index (χ3v) is 9.59.